The molecule has 2 amide bonds. The summed E-state index contributed by atoms with van der Waals surface area (Å²) in [5, 5.41) is 2.80. The third-order valence-electron chi connectivity index (χ3n) is 3.90. The Morgan fingerprint density at radius 1 is 1.38 bits per heavy atom. The van der Waals surface area contributed by atoms with Crippen LogP contribution in [0.3, 0.4) is 0 Å². The maximum absolute atomic E-state index is 12.1. The van der Waals surface area contributed by atoms with Crippen LogP contribution in [0.25, 0.3) is 0 Å². The standard InChI is InChI=1S/C16H22N2O3/c1-11-4-5-14(8-12(11)2)18-10-13(9-15(18)19)16(20)17-6-7-21-3/h4-5,8,13H,6-7,9-10H2,1-3H3,(H,17,20)/t13-/m1/s1. The third kappa shape index (κ3) is 3.61. The van der Waals surface area contributed by atoms with Gasteiger partial charge in [0.05, 0.1) is 12.5 Å². The van der Waals surface area contributed by atoms with Gasteiger partial charge >= 0.3 is 0 Å². The van der Waals surface area contributed by atoms with E-state index in [-0.39, 0.29) is 24.2 Å². The van der Waals surface area contributed by atoms with Crippen molar-refractivity contribution in [2.24, 2.45) is 5.92 Å². The van der Waals surface area contributed by atoms with Crippen LogP contribution >= 0.6 is 0 Å². The van der Waals surface area contributed by atoms with Crippen molar-refractivity contribution >= 4 is 17.5 Å². The first-order valence-electron chi connectivity index (χ1n) is 7.17. The third-order valence-corrected chi connectivity index (χ3v) is 3.90. The summed E-state index contributed by atoms with van der Waals surface area (Å²) in [6, 6.07) is 5.94. The van der Waals surface area contributed by atoms with Crippen molar-refractivity contribution < 1.29 is 14.3 Å². The van der Waals surface area contributed by atoms with Crippen molar-refractivity contribution in [1.29, 1.82) is 0 Å². The van der Waals surface area contributed by atoms with E-state index in [0.29, 0.717) is 19.7 Å². The Morgan fingerprint density at radius 3 is 2.81 bits per heavy atom. The molecule has 0 aromatic heterocycles. The number of anilines is 1. The number of amides is 2. The van der Waals surface area contributed by atoms with Crippen LogP contribution in [-0.4, -0.2) is 38.6 Å². The largest absolute Gasteiger partial charge is 0.383 e. The van der Waals surface area contributed by atoms with Crippen molar-refractivity contribution in [3.05, 3.63) is 29.3 Å². The zero-order chi connectivity index (χ0) is 15.4. The molecule has 1 heterocycles. The van der Waals surface area contributed by atoms with E-state index in [1.807, 2.05) is 32.0 Å². The number of carbonyl (C=O) groups is 2. The van der Waals surface area contributed by atoms with Crippen molar-refractivity contribution in [2.45, 2.75) is 20.3 Å². The molecule has 0 saturated carbocycles. The predicted molar refractivity (Wildman–Crippen MR) is 81.3 cm³/mol. The zero-order valence-electron chi connectivity index (χ0n) is 12.8. The molecule has 0 unspecified atom stereocenters. The molecule has 1 saturated heterocycles. The zero-order valence-corrected chi connectivity index (χ0v) is 12.8. The van der Waals surface area contributed by atoms with E-state index in [1.54, 1.807) is 12.0 Å². The Labute approximate surface area is 125 Å². The van der Waals surface area contributed by atoms with Gasteiger partial charge in [0.25, 0.3) is 0 Å². The van der Waals surface area contributed by atoms with Crippen molar-refractivity contribution in [3.8, 4) is 0 Å². The van der Waals surface area contributed by atoms with Gasteiger partial charge in [0.15, 0.2) is 0 Å². The molecular weight excluding hydrogens is 268 g/mol. The van der Waals surface area contributed by atoms with Gasteiger partial charge in [-0.05, 0) is 37.1 Å². The van der Waals surface area contributed by atoms with E-state index < -0.39 is 0 Å². The number of aryl methyl sites for hydroxylation is 2. The lowest BCUT2D eigenvalue weighted by atomic mass is 10.1. The van der Waals surface area contributed by atoms with Gasteiger partial charge in [-0.3, -0.25) is 9.59 Å². The number of nitrogens with one attached hydrogen (secondary N) is 1. The molecule has 21 heavy (non-hydrogen) atoms. The molecule has 0 spiro atoms. The quantitative estimate of drug-likeness (QED) is 0.834. The van der Waals surface area contributed by atoms with Gasteiger partial charge in [0, 0.05) is 32.3 Å². The molecule has 2 rings (SSSR count). The minimum Gasteiger partial charge on any atom is -0.383 e. The average molecular weight is 290 g/mol. The molecule has 1 fully saturated rings. The first kappa shape index (κ1) is 15.5. The second-order valence-electron chi connectivity index (χ2n) is 5.46. The maximum Gasteiger partial charge on any atom is 0.227 e. The summed E-state index contributed by atoms with van der Waals surface area (Å²) >= 11 is 0. The molecule has 1 aliphatic heterocycles. The summed E-state index contributed by atoms with van der Waals surface area (Å²) < 4.78 is 4.90. The number of nitrogens with zero attached hydrogens (tertiary/aromatic N) is 1. The van der Waals surface area contributed by atoms with E-state index in [2.05, 4.69) is 5.32 Å². The minimum absolute atomic E-state index is 0.00476. The molecule has 5 nitrogen and oxygen atoms in total. The first-order chi connectivity index (χ1) is 10.0. The van der Waals surface area contributed by atoms with Crippen LogP contribution in [0.4, 0.5) is 5.69 Å². The van der Waals surface area contributed by atoms with Gasteiger partial charge in [-0.2, -0.15) is 0 Å². The fourth-order valence-corrected chi connectivity index (χ4v) is 2.45. The highest BCUT2D eigenvalue weighted by Crippen LogP contribution is 2.26. The van der Waals surface area contributed by atoms with Gasteiger partial charge in [0.2, 0.25) is 11.8 Å². The lowest BCUT2D eigenvalue weighted by Crippen LogP contribution is -2.34. The number of hydrogen-bond donors (Lipinski definition) is 1. The van der Waals surface area contributed by atoms with Crippen LogP contribution in [0.1, 0.15) is 17.5 Å². The summed E-state index contributed by atoms with van der Waals surface area (Å²) in [4.78, 5) is 25.9. The van der Waals surface area contributed by atoms with E-state index in [1.165, 1.54) is 5.56 Å². The summed E-state index contributed by atoms with van der Waals surface area (Å²) in [7, 11) is 1.59. The number of ether oxygens (including phenoxy) is 1. The highest BCUT2D eigenvalue weighted by atomic mass is 16.5. The van der Waals surface area contributed by atoms with Crippen LogP contribution in [0, 0.1) is 19.8 Å². The van der Waals surface area contributed by atoms with Gasteiger partial charge in [-0.1, -0.05) is 6.07 Å². The van der Waals surface area contributed by atoms with Crippen LogP contribution in [0.5, 0.6) is 0 Å². The Kier molecular flexibility index (Phi) is 4.96. The Hall–Kier alpha value is -1.88. The molecule has 0 aliphatic carbocycles. The van der Waals surface area contributed by atoms with Crippen molar-refractivity contribution in [2.75, 3.05) is 31.7 Å². The number of rotatable bonds is 5. The highest BCUT2D eigenvalue weighted by Gasteiger charge is 2.34. The fourth-order valence-electron chi connectivity index (χ4n) is 2.45. The second-order valence-corrected chi connectivity index (χ2v) is 5.46. The van der Waals surface area contributed by atoms with Crippen LogP contribution in [0.2, 0.25) is 0 Å². The predicted octanol–water partition coefficient (Wildman–Crippen LogP) is 1.42. The molecule has 1 aromatic carbocycles. The Bertz CT molecular complexity index is 542. The second kappa shape index (κ2) is 6.72. The van der Waals surface area contributed by atoms with E-state index in [4.69, 9.17) is 4.74 Å². The van der Waals surface area contributed by atoms with Crippen molar-refractivity contribution in [3.63, 3.8) is 0 Å². The summed E-state index contributed by atoms with van der Waals surface area (Å²) in [5.74, 6) is -0.354. The lowest BCUT2D eigenvalue weighted by Gasteiger charge is -2.18. The normalized spacial score (nSPS) is 18.1. The topological polar surface area (TPSA) is 58.6 Å². The molecular formula is C16H22N2O3. The van der Waals surface area contributed by atoms with Crippen LogP contribution in [-0.2, 0) is 14.3 Å². The molecule has 1 aliphatic rings. The maximum atomic E-state index is 12.1. The van der Waals surface area contributed by atoms with E-state index in [0.717, 1.165) is 11.3 Å². The summed E-state index contributed by atoms with van der Waals surface area (Å²) in [6.45, 7) is 5.46. The minimum atomic E-state index is -0.282. The molecule has 0 bridgehead atoms. The monoisotopic (exact) mass is 290 g/mol. The van der Waals surface area contributed by atoms with Crippen molar-refractivity contribution in [1.82, 2.24) is 5.32 Å². The molecule has 114 valence electrons. The van der Waals surface area contributed by atoms with Gasteiger partial charge in [-0.15, -0.1) is 0 Å². The smallest absolute Gasteiger partial charge is 0.227 e. The lowest BCUT2D eigenvalue weighted by molar-refractivity contribution is -0.126. The molecule has 5 heteroatoms. The SMILES string of the molecule is COCCNC(=O)[C@@H]1CC(=O)N(c2ccc(C)c(C)c2)C1. The molecule has 1 N–H and O–H groups in total. The Morgan fingerprint density at radius 2 is 2.14 bits per heavy atom. The molecule has 1 aromatic rings. The number of hydrogen-bond acceptors (Lipinski definition) is 3. The van der Waals surface area contributed by atoms with E-state index in [9.17, 15) is 9.59 Å². The van der Waals surface area contributed by atoms with Crippen LogP contribution < -0.4 is 10.2 Å². The number of benzene rings is 1. The van der Waals surface area contributed by atoms with Gasteiger partial charge < -0.3 is 15.0 Å². The number of methoxy groups -OCH3 is 1. The molecule has 0 radical (unpaired) electrons. The first-order valence-corrected chi connectivity index (χ1v) is 7.17. The van der Waals surface area contributed by atoms with Gasteiger partial charge in [0.1, 0.15) is 0 Å². The van der Waals surface area contributed by atoms with Gasteiger partial charge in [-0.25, -0.2) is 0 Å². The van der Waals surface area contributed by atoms with Crippen LogP contribution in [0.15, 0.2) is 18.2 Å². The fraction of sp³-hybridized carbons (Fsp3) is 0.500. The average Bonchev–Trinajstić information content (AvgIpc) is 2.84. The van der Waals surface area contributed by atoms with E-state index >= 15 is 0 Å². The summed E-state index contributed by atoms with van der Waals surface area (Å²) in [6.07, 6.45) is 0.270. The summed E-state index contributed by atoms with van der Waals surface area (Å²) in [5.41, 5.74) is 3.21. The number of carbonyl (C=O) groups excluding carboxylic acids is 2. The Balaban J connectivity index is 2.02. The molecule has 1 atom stereocenters. The highest BCUT2D eigenvalue weighted by molar-refractivity contribution is 6.00.